The Kier molecular flexibility index (Phi) is 3.62. The van der Waals surface area contributed by atoms with Crippen molar-refractivity contribution in [3.05, 3.63) is 36.2 Å². The van der Waals surface area contributed by atoms with Crippen molar-refractivity contribution < 1.29 is 5.11 Å². The number of aromatic nitrogens is 2. The molecule has 0 spiro atoms. The third-order valence-electron chi connectivity index (χ3n) is 5.32. The van der Waals surface area contributed by atoms with Crippen LogP contribution in [0.3, 0.4) is 0 Å². The van der Waals surface area contributed by atoms with Crippen LogP contribution in [0.2, 0.25) is 0 Å². The lowest BCUT2D eigenvalue weighted by molar-refractivity contribution is 0.253. The second kappa shape index (κ2) is 5.30. The normalized spacial score (nSPS) is 25.5. The lowest BCUT2D eigenvalue weighted by atomic mass is 9.74. The summed E-state index contributed by atoms with van der Waals surface area (Å²) in [4.78, 5) is 4.60. The Labute approximate surface area is 126 Å². The first-order chi connectivity index (χ1) is 10.2. The Morgan fingerprint density at radius 2 is 2.10 bits per heavy atom. The number of fused-ring (bicyclic) bond motifs is 1. The predicted molar refractivity (Wildman–Crippen MR) is 86.7 cm³/mol. The average Bonchev–Trinajstić information content (AvgIpc) is 3.04. The fourth-order valence-electron chi connectivity index (χ4n) is 3.84. The molecule has 2 aromatic rings. The van der Waals surface area contributed by atoms with Crippen LogP contribution in [0.15, 0.2) is 30.3 Å². The number of nitrogens with zero attached hydrogens (tertiary/aromatic N) is 2. The number of aliphatic hydroxyl groups is 1. The Hall–Kier alpha value is -1.61. The molecule has 21 heavy (non-hydrogen) atoms. The van der Waals surface area contributed by atoms with E-state index in [-0.39, 0.29) is 12.0 Å². The number of rotatable bonds is 4. The zero-order valence-electron chi connectivity index (χ0n) is 13.1. The van der Waals surface area contributed by atoms with E-state index in [0.717, 1.165) is 29.7 Å². The van der Waals surface area contributed by atoms with Crippen molar-refractivity contribution in [2.45, 2.75) is 46.6 Å². The minimum Gasteiger partial charge on any atom is -0.388 e. The van der Waals surface area contributed by atoms with E-state index in [1.165, 1.54) is 12.1 Å². The van der Waals surface area contributed by atoms with E-state index in [0.29, 0.717) is 5.92 Å². The largest absolute Gasteiger partial charge is 0.388 e. The SMILES string of the molecule is CCC1CC=C(n2c(CO)nc3ccccc32)[C@@]1(C)CC. The molecular weight excluding hydrogens is 260 g/mol. The van der Waals surface area contributed by atoms with Gasteiger partial charge in [0.05, 0.1) is 11.0 Å². The van der Waals surface area contributed by atoms with Gasteiger partial charge in [0.1, 0.15) is 12.4 Å². The Balaban J connectivity index is 2.20. The zero-order chi connectivity index (χ0) is 15.0. The highest BCUT2D eigenvalue weighted by molar-refractivity contribution is 5.81. The molecule has 1 unspecified atom stereocenters. The van der Waals surface area contributed by atoms with Crippen LogP contribution < -0.4 is 0 Å². The van der Waals surface area contributed by atoms with Crippen LogP contribution in [0.5, 0.6) is 0 Å². The van der Waals surface area contributed by atoms with Crippen LogP contribution in [0.1, 0.15) is 45.9 Å². The molecule has 0 saturated carbocycles. The third kappa shape index (κ3) is 2.03. The standard InChI is InChI=1S/C18H24N2O/c1-4-13-10-11-16(18(13,3)5-2)20-15-9-7-6-8-14(15)19-17(20)12-21/h6-9,11,13,21H,4-5,10,12H2,1-3H3/t13?,18-/m0/s1. The molecule has 3 nitrogen and oxygen atoms in total. The summed E-state index contributed by atoms with van der Waals surface area (Å²) in [7, 11) is 0. The Morgan fingerprint density at radius 1 is 1.33 bits per heavy atom. The van der Waals surface area contributed by atoms with E-state index in [1.807, 2.05) is 18.2 Å². The summed E-state index contributed by atoms with van der Waals surface area (Å²) in [5, 5.41) is 9.74. The van der Waals surface area contributed by atoms with Crippen molar-refractivity contribution in [3.63, 3.8) is 0 Å². The first-order valence-electron chi connectivity index (χ1n) is 7.94. The summed E-state index contributed by atoms with van der Waals surface area (Å²) in [5.41, 5.74) is 3.53. The summed E-state index contributed by atoms with van der Waals surface area (Å²) < 4.78 is 2.19. The molecule has 3 heteroatoms. The number of allylic oxidation sites excluding steroid dienone is 2. The molecule has 0 saturated heterocycles. The minimum atomic E-state index is -0.0252. The maximum Gasteiger partial charge on any atom is 0.140 e. The fraction of sp³-hybridized carbons (Fsp3) is 0.500. The van der Waals surface area contributed by atoms with Crippen LogP contribution >= 0.6 is 0 Å². The predicted octanol–water partition coefficient (Wildman–Crippen LogP) is 4.22. The van der Waals surface area contributed by atoms with Crippen molar-refractivity contribution in [2.75, 3.05) is 0 Å². The van der Waals surface area contributed by atoms with Crippen molar-refractivity contribution in [1.82, 2.24) is 9.55 Å². The summed E-state index contributed by atoms with van der Waals surface area (Å²) in [6, 6.07) is 8.15. The molecule has 1 N–H and O–H groups in total. The molecule has 1 aromatic carbocycles. The van der Waals surface area contributed by atoms with Gasteiger partial charge in [0.15, 0.2) is 0 Å². The van der Waals surface area contributed by atoms with E-state index >= 15 is 0 Å². The smallest absolute Gasteiger partial charge is 0.140 e. The molecule has 112 valence electrons. The molecule has 0 fully saturated rings. The van der Waals surface area contributed by atoms with Crippen molar-refractivity contribution in [2.24, 2.45) is 11.3 Å². The summed E-state index contributed by atoms with van der Waals surface area (Å²) >= 11 is 0. The van der Waals surface area contributed by atoms with E-state index in [9.17, 15) is 5.11 Å². The number of aliphatic hydroxyl groups excluding tert-OH is 1. The maximum atomic E-state index is 9.74. The van der Waals surface area contributed by atoms with Crippen LogP contribution in [0.4, 0.5) is 0 Å². The van der Waals surface area contributed by atoms with Gasteiger partial charge >= 0.3 is 0 Å². The molecule has 0 bridgehead atoms. The highest BCUT2D eigenvalue weighted by Gasteiger charge is 2.40. The van der Waals surface area contributed by atoms with Crippen molar-refractivity contribution in [3.8, 4) is 0 Å². The molecule has 1 aromatic heterocycles. The van der Waals surface area contributed by atoms with E-state index < -0.39 is 0 Å². The van der Waals surface area contributed by atoms with E-state index in [4.69, 9.17) is 0 Å². The molecule has 0 radical (unpaired) electrons. The van der Waals surface area contributed by atoms with Gasteiger partial charge < -0.3 is 5.11 Å². The van der Waals surface area contributed by atoms with Crippen molar-refractivity contribution >= 4 is 16.7 Å². The lowest BCUT2D eigenvalue weighted by Gasteiger charge is -2.34. The minimum absolute atomic E-state index is 0.0252. The van der Waals surface area contributed by atoms with Crippen LogP contribution in [-0.2, 0) is 6.61 Å². The van der Waals surface area contributed by atoms with Gasteiger partial charge in [-0.15, -0.1) is 0 Å². The van der Waals surface area contributed by atoms with Gasteiger partial charge in [-0.05, 0) is 30.9 Å². The first-order valence-corrected chi connectivity index (χ1v) is 7.94. The van der Waals surface area contributed by atoms with Gasteiger partial charge in [-0.1, -0.05) is 45.4 Å². The van der Waals surface area contributed by atoms with Gasteiger partial charge in [-0.2, -0.15) is 0 Å². The average molecular weight is 284 g/mol. The summed E-state index contributed by atoms with van der Waals surface area (Å²) in [6.07, 6.45) is 5.76. The van der Waals surface area contributed by atoms with Crippen LogP contribution in [0.25, 0.3) is 16.7 Å². The lowest BCUT2D eigenvalue weighted by Crippen LogP contribution is -2.26. The molecule has 0 amide bonds. The van der Waals surface area contributed by atoms with Crippen molar-refractivity contribution in [1.29, 1.82) is 0 Å². The molecule has 1 aliphatic carbocycles. The second-order valence-corrected chi connectivity index (χ2v) is 6.21. The van der Waals surface area contributed by atoms with Gasteiger partial charge in [-0.3, -0.25) is 4.57 Å². The topological polar surface area (TPSA) is 38.0 Å². The molecular formula is C18H24N2O. The van der Waals surface area contributed by atoms with Gasteiger partial charge in [0.25, 0.3) is 0 Å². The van der Waals surface area contributed by atoms with Crippen LogP contribution in [-0.4, -0.2) is 14.7 Å². The van der Waals surface area contributed by atoms with Gasteiger partial charge in [0, 0.05) is 11.1 Å². The first kappa shape index (κ1) is 14.3. The molecule has 1 heterocycles. The number of hydrogen-bond donors (Lipinski definition) is 1. The highest BCUT2D eigenvalue weighted by atomic mass is 16.3. The zero-order valence-corrected chi connectivity index (χ0v) is 13.1. The molecule has 1 aliphatic rings. The van der Waals surface area contributed by atoms with Gasteiger partial charge in [0.2, 0.25) is 0 Å². The number of benzene rings is 1. The number of para-hydroxylation sites is 2. The summed E-state index contributed by atoms with van der Waals surface area (Å²) in [6.45, 7) is 6.87. The Bertz CT molecular complexity index is 686. The maximum absolute atomic E-state index is 9.74. The third-order valence-corrected chi connectivity index (χ3v) is 5.32. The monoisotopic (exact) mass is 284 g/mol. The number of imidazole rings is 1. The van der Waals surface area contributed by atoms with Gasteiger partial charge in [-0.25, -0.2) is 4.98 Å². The van der Waals surface area contributed by atoms with E-state index in [1.54, 1.807) is 0 Å². The fourth-order valence-corrected chi connectivity index (χ4v) is 3.84. The molecule has 3 rings (SSSR count). The van der Waals surface area contributed by atoms with E-state index in [2.05, 4.69) is 42.5 Å². The summed E-state index contributed by atoms with van der Waals surface area (Å²) in [5.74, 6) is 1.42. The van der Waals surface area contributed by atoms with Crippen LogP contribution in [0, 0.1) is 11.3 Å². The quantitative estimate of drug-likeness (QED) is 0.913. The second-order valence-electron chi connectivity index (χ2n) is 6.21. The molecule has 0 aliphatic heterocycles. The highest BCUT2D eigenvalue weighted by Crippen LogP contribution is 2.50. The number of hydrogen-bond acceptors (Lipinski definition) is 2. The Morgan fingerprint density at radius 3 is 2.76 bits per heavy atom. The molecule has 2 atom stereocenters.